The van der Waals surface area contributed by atoms with Gasteiger partial charge in [-0.3, -0.25) is 14.8 Å². The first-order chi connectivity index (χ1) is 8.31. The molecule has 1 aliphatic rings. The Labute approximate surface area is 104 Å². The number of thioether (sulfide) groups is 1. The highest BCUT2D eigenvalue weighted by atomic mass is 32.2. The van der Waals surface area contributed by atoms with E-state index in [-0.39, 0.29) is 5.91 Å². The molecule has 0 aromatic carbocycles. The van der Waals surface area contributed by atoms with E-state index >= 15 is 0 Å². The lowest BCUT2D eigenvalue weighted by atomic mass is 10.2. The normalized spacial score (nSPS) is 17.6. The first kappa shape index (κ1) is 11.6. The van der Waals surface area contributed by atoms with Crippen LogP contribution in [0.15, 0.2) is 36.0 Å². The van der Waals surface area contributed by atoms with Crippen molar-refractivity contribution in [3.05, 3.63) is 47.4 Å². The molecule has 1 N–H and O–H groups in total. The number of rotatable bonds is 3. The minimum atomic E-state index is -0.0252. The van der Waals surface area contributed by atoms with Crippen LogP contribution >= 0.6 is 11.8 Å². The van der Waals surface area contributed by atoms with Gasteiger partial charge in [-0.15, -0.1) is 0 Å². The van der Waals surface area contributed by atoms with Gasteiger partial charge in [-0.2, -0.15) is 0 Å². The van der Waals surface area contributed by atoms with Crippen molar-refractivity contribution >= 4 is 29.8 Å². The van der Waals surface area contributed by atoms with Crippen LogP contribution in [0.2, 0.25) is 0 Å². The van der Waals surface area contributed by atoms with Crippen LogP contribution in [0.1, 0.15) is 11.4 Å². The molecule has 0 spiro atoms. The summed E-state index contributed by atoms with van der Waals surface area (Å²) in [6.07, 6.45) is 10.3. The van der Waals surface area contributed by atoms with Gasteiger partial charge in [-0.05, 0) is 18.2 Å². The number of amides is 1. The van der Waals surface area contributed by atoms with Gasteiger partial charge in [-0.1, -0.05) is 24.4 Å². The zero-order valence-corrected chi connectivity index (χ0v) is 9.91. The lowest BCUT2D eigenvalue weighted by Crippen LogP contribution is -2.13. The molecule has 0 unspecified atom stereocenters. The number of carbonyl (C=O) groups excluding carboxylic acids is 1. The second-order valence-electron chi connectivity index (χ2n) is 3.22. The summed E-state index contributed by atoms with van der Waals surface area (Å²) < 4.78 is 0. The number of allylic oxidation sites excluding steroid dienone is 2. The van der Waals surface area contributed by atoms with E-state index in [1.54, 1.807) is 30.6 Å². The summed E-state index contributed by atoms with van der Waals surface area (Å²) >= 11 is 1.49. The summed E-state index contributed by atoms with van der Waals surface area (Å²) in [7, 11) is 0. The topological polar surface area (TPSA) is 54.9 Å². The Balaban J connectivity index is 2.15. The Bertz CT molecular complexity index is 508. The first-order valence-corrected chi connectivity index (χ1v) is 6.02. The highest BCUT2D eigenvalue weighted by molar-refractivity contribution is 8.04. The highest BCUT2D eigenvalue weighted by Crippen LogP contribution is 2.20. The molecule has 0 aliphatic carbocycles. The maximum absolute atomic E-state index is 11.3. The van der Waals surface area contributed by atoms with Gasteiger partial charge < -0.3 is 5.32 Å². The lowest BCUT2D eigenvalue weighted by molar-refractivity contribution is -0.116. The second kappa shape index (κ2) is 5.45. The van der Waals surface area contributed by atoms with Crippen LogP contribution < -0.4 is 5.32 Å². The number of hydrogen-bond donors (Lipinski definition) is 1. The average Bonchev–Trinajstić information content (AvgIpc) is 2.76. The van der Waals surface area contributed by atoms with Gasteiger partial charge in [0.1, 0.15) is 0 Å². The van der Waals surface area contributed by atoms with Crippen LogP contribution in [0.4, 0.5) is 0 Å². The molecule has 1 aliphatic heterocycles. The molecule has 1 amide bonds. The van der Waals surface area contributed by atoms with E-state index in [2.05, 4.69) is 21.9 Å². The summed E-state index contributed by atoms with van der Waals surface area (Å²) in [5, 5.41) is 2.72. The molecule has 1 saturated heterocycles. The minimum absolute atomic E-state index is 0.0252. The van der Waals surface area contributed by atoms with E-state index in [1.807, 2.05) is 6.08 Å². The molecular weight excluding hydrogens is 234 g/mol. The van der Waals surface area contributed by atoms with E-state index in [0.29, 0.717) is 10.8 Å². The zero-order valence-electron chi connectivity index (χ0n) is 9.09. The standard InChI is InChI=1S/C12H11N3OS/c1-2-9-10(14-7-6-13-9)4-3-5-11-12(16)15-8-17-11/h2-7H,1,8H2,(H,15,16)/b4-3+,11-5-. The predicted molar refractivity (Wildman–Crippen MR) is 69.8 cm³/mol. The van der Waals surface area contributed by atoms with Gasteiger partial charge in [0, 0.05) is 12.4 Å². The fourth-order valence-electron chi connectivity index (χ4n) is 1.33. The van der Waals surface area contributed by atoms with Crippen molar-refractivity contribution in [3.63, 3.8) is 0 Å². The number of aromatic nitrogens is 2. The van der Waals surface area contributed by atoms with Crippen LogP contribution in [0, 0.1) is 0 Å². The van der Waals surface area contributed by atoms with Gasteiger partial charge >= 0.3 is 0 Å². The van der Waals surface area contributed by atoms with Crippen molar-refractivity contribution < 1.29 is 4.79 Å². The van der Waals surface area contributed by atoms with Gasteiger partial charge in [0.05, 0.1) is 22.2 Å². The Morgan fingerprint density at radius 2 is 2.12 bits per heavy atom. The third-order valence-electron chi connectivity index (χ3n) is 2.14. The maximum atomic E-state index is 11.3. The number of nitrogens with zero attached hydrogens (tertiary/aromatic N) is 2. The van der Waals surface area contributed by atoms with Crippen molar-refractivity contribution in [2.45, 2.75) is 0 Å². The van der Waals surface area contributed by atoms with Crippen LogP contribution in [0.25, 0.3) is 12.2 Å². The highest BCUT2D eigenvalue weighted by Gasteiger charge is 2.15. The van der Waals surface area contributed by atoms with Crippen LogP contribution in [0.3, 0.4) is 0 Å². The quantitative estimate of drug-likeness (QED) is 0.825. The van der Waals surface area contributed by atoms with Crippen LogP contribution in [-0.4, -0.2) is 21.8 Å². The molecular formula is C12H11N3OS. The molecule has 1 fully saturated rings. The van der Waals surface area contributed by atoms with E-state index < -0.39 is 0 Å². The van der Waals surface area contributed by atoms with Crippen molar-refractivity contribution in [2.75, 3.05) is 5.88 Å². The van der Waals surface area contributed by atoms with E-state index in [1.165, 1.54) is 11.8 Å². The van der Waals surface area contributed by atoms with Gasteiger partial charge in [-0.25, -0.2) is 0 Å². The molecule has 4 nitrogen and oxygen atoms in total. The molecule has 86 valence electrons. The molecule has 1 aromatic rings. The Morgan fingerprint density at radius 3 is 2.76 bits per heavy atom. The van der Waals surface area contributed by atoms with E-state index in [0.717, 1.165) is 11.4 Å². The van der Waals surface area contributed by atoms with Crippen molar-refractivity contribution in [3.8, 4) is 0 Å². The van der Waals surface area contributed by atoms with Crippen molar-refractivity contribution in [2.24, 2.45) is 0 Å². The zero-order chi connectivity index (χ0) is 12.1. The monoisotopic (exact) mass is 245 g/mol. The largest absolute Gasteiger partial charge is 0.342 e. The van der Waals surface area contributed by atoms with E-state index in [9.17, 15) is 4.79 Å². The molecule has 0 saturated carbocycles. The van der Waals surface area contributed by atoms with E-state index in [4.69, 9.17) is 0 Å². The third kappa shape index (κ3) is 2.82. The molecule has 5 heteroatoms. The average molecular weight is 245 g/mol. The molecule has 2 rings (SSSR count). The maximum Gasteiger partial charge on any atom is 0.258 e. The summed E-state index contributed by atoms with van der Waals surface area (Å²) in [6, 6.07) is 0. The van der Waals surface area contributed by atoms with Gasteiger partial charge in [0.25, 0.3) is 5.91 Å². The van der Waals surface area contributed by atoms with Crippen LogP contribution in [0.5, 0.6) is 0 Å². The number of hydrogen-bond acceptors (Lipinski definition) is 4. The molecule has 0 atom stereocenters. The van der Waals surface area contributed by atoms with Crippen molar-refractivity contribution in [1.29, 1.82) is 0 Å². The van der Waals surface area contributed by atoms with Crippen molar-refractivity contribution in [1.82, 2.24) is 15.3 Å². The Hall–Kier alpha value is -1.88. The summed E-state index contributed by atoms with van der Waals surface area (Å²) in [5.41, 5.74) is 1.47. The summed E-state index contributed by atoms with van der Waals surface area (Å²) in [4.78, 5) is 20.3. The minimum Gasteiger partial charge on any atom is -0.342 e. The molecule has 17 heavy (non-hydrogen) atoms. The Kier molecular flexibility index (Phi) is 3.72. The molecule has 0 bridgehead atoms. The van der Waals surface area contributed by atoms with Crippen LogP contribution in [-0.2, 0) is 4.79 Å². The number of carbonyl (C=O) groups is 1. The summed E-state index contributed by atoms with van der Waals surface area (Å²) in [6.45, 7) is 3.67. The molecule has 0 radical (unpaired) electrons. The molecule has 2 heterocycles. The summed E-state index contributed by atoms with van der Waals surface area (Å²) in [5.74, 6) is 0.615. The predicted octanol–water partition coefficient (Wildman–Crippen LogP) is 1.84. The number of nitrogens with one attached hydrogen (secondary N) is 1. The fourth-order valence-corrected chi connectivity index (χ4v) is 2.06. The smallest absolute Gasteiger partial charge is 0.258 e. The third-order valence-corrected chi connectivity index (χ3v) is 3.06. The first-order valence-electron chi connectivity index (χ1n) is 5.04. The Morgan fingerprint density at radius 1 is 1.35 bits per heavy atom. The second-order valence-corrected chi connectivity index (χ2v) is 4.23. The molecule has 1 aromatic heterocycles. The fraction of sp³-hybridized carbons (Fsp3) is 0.0833. The van der Waals surface area contributed by atoms with Gasteiger partial charge in [0.2, 0.25) is 0 Å². The lowest BCUT2D eigenvalue weighted by Gasteiger charge is -1.96. The van der Waals surface area contributed by atoms with Gasteiger partial charge in [0.15, 0.2) is 0 Å². The SMILES string of the molecule is C=Cc1nccnc1/C=C/C=C1\SCNC1=O.